The van der Waals surface area contributed by atoms with E-state index in [0.29, 0.717) is 25.8 Å². The molecule has 1 N–H and O–H groups in total. The Balaban J connectivity index is 1.47. The van der Waals surface area contributed by atoms with Gasteiger partial charge >= 0.3 is 12.1 Å². The second-order valence-electron chi connectivity index (χ2n) is 17.1. The Morgan fingerprint density at radius 2 is 1.71 bits per heavy atom. The Kier molecular flexibility index (Phi) is 13.3. The molecule has 1 aromatic heterocycles. The number of aromatic nitrogens is 1. The number of unbranched alkanes of at least 4 members (excludes halogenated alkanes) is 1. The van der Waals surface area contributed by atoms with E-state index in [1.165, 1.54) is 18.6 Å². The molecule has 0 bridgehead atoms. The van der Waals surface area contributed by atoms with Crippen LogP contribution in [0.15, 0.2) is 49.2 Å². The highest BCUT2D eigenvalue weighted by Crippen LogP contribution is 2.45. The van der Waals surface area contributed by atoms with Gasteiger partial charge in [-0.2, -0.15) is 0 Å². The number of nitrogens with zero attached hydrogens (tertiary/aromatic N) is 2. The van der Waals surface area contributed by atoms with Crippen molar-refractivity contribution in [3.63, 3.8) is 0 Å². The van der Waals surface area contributed by atoms with Gasteiger partial charge in [-0.25, -0.2) is 4.79 Å². The van der Waals surface area contributed by atoms with Crippen molar-refractivity contribution >= 4 is 34.5 Å². The number of aliphatic hydroxyl groups excluding tert-OH is 1. The van der Waals surface area contributed by atoms with Gasteiger partial charge in [0, 0.05) is 35.9 Å². The number of hydrogen-bond acceptors (Lipinski definition) is 10. The Morgan fingerprint density at radius 3 is 2.40 bits per heavy atom. The van der Waals surface area contributed by atoms with Crippen molar-refractivity contribution in [1.82, 2.24) is 9.88 Å². The number of pyridine rings is 1. The summed E-state index contributed by atoms with van der Waals surface area (Å²) in [6.45, 7) is 20.8. The molecule has 55 heavy (non-hydrogen) atoms. The molecule has 2 aromatic rings. The third kappa shape index (κ3) is 8.54. The highest BCUT2D eigenvalue weighted by molar-refractivity contribution is 6.00. The summed E-state index contributed by atoms with van der Waals surface area (Å²) in [5.41, 5.74) is -0.250. The molecule has 1 amide bonds. The number of cyclic esters (lactones) is 1. The monoisotopic (exact) mass is 762 g/mol. The molecule has 302 valence electrons. The molecular weight excluding hydrogens is 700 g/mol. The lowest BCUT2D eigenvalue weighted by Gasteiger charge is -2.45. The second-order valence-corrected chi connectivity index (χ2v) is 17.1. The zero-order chi connectivity index (χ0) is 40.4. The number of esters is 1. The van der Waals surface area contributed by atoms with E-state index < -0.39 is 83.2 Å². The van der Waals surface area contributed by atoms with Crippen LogP contribution >= 0.6 is 0 Å². The van der Waals surface area contributed by atoms with E-state index in [2.05, 4.69) is 17.6 Å². The number of para-hydroxylation sites is 1. The fraction of sp³-hybridized carbons (Fsp3) is 0.659. The van der Waals surface area contributed by atoms with Gasteiger partial charge in [-0.3, -0.25) is 24.3 Å². The fourth-order valence-electron chi connectivity index (χ4n) is 9.58. The summed E-state index contributed by atoms with van der Waals surface area (Å²) in [5.74, 6) is -4.63. The van der Waals surface area contributed by atoms with Gasteiger partial charge in [0.25, 0.3) is 0 Å². The molecular formula is C44H62N2O9. The first kappa shape index (κ1) is 42.5. The van der Waals surface area contributed by atoms with E-state index >= 15 is 0 Å². The largest absolute Gasteiger partial charge is 0.457 e. The number of amides is 1. The van der Waals surface area contributed by atoms with Crippen LogP contribution in [0.2, 0.25) is 0 Å². The molecule has 0 radical (unpaired) electrons. The van der Waals surface area contributed by atoms with Crippen LogP contribution in [0.5, 0.6) is 0 Å². The predicted molar refractivity (Wildman–Crippen MR) is 209 cm³/mol. The SMILES string of the molecule is C=C[C@]12OC(=O)N(CCCCc3ccnc4ccccc34)[C@@H]1[C@@H](C)C(=O)[C@H](C)CC(C)(C)[C@H](O[C@@H]1O[C@H](C)C[C@H](C)[C@H]1O)[C@@H](C)C(=O)[C@@H](C)C(=O)O[C@@H]2CC. The van der Waals surface area contributed by atoms with Crippen LogP contribution in [0.1, 0.15) is 100.0 Å². The zero-order valence-electron chi connectivity index (χ0n) is 34.2. The lowest BCUT2D eigenvalue weighted by molar-refractivity contribution is -0.284. The second kappa shape index (κ2) is 17.2. The minimum Gasteiger partial charge on any atom is -0.457 e. The van der Waals surface area contributed by atoms with Crippen LogP contribution in [-0.4, -0.2) is 87.5 Å². The standard InChI is InChI=1S/C44H62N2O9/c1-11-34-44(12-2)38(46(42(51)55-44)22-16-15-17-31-20-21-45-33-19-14-13-18-32(31)33)28(6)35(47)26(4)24-43(9,10)39(29(7)37(49)30(8)40(50)53-34)54-41-36(48)25(3)23-27(5)52-41/h12-14,18-21,25-30,34,36,38-39,41,48H,2,11,15-17,22-24H2,1,3-10H3/t25-,26+,27+,28-,29-,30+,34+,36+,38+,39+,41-,44+/m0/s1. The number of fused-ring (bicyclic) bond motifs is 2. The third-order valence-electron chi connectivity index (χ3n) is 12.5. The van der Waals surface area contributed by atoms with E-state index in [4.69, 9.17) is 18.9 Å². The van der Waals surface area contributed by atoms with Gasteiger partial charge in [-0.15, -0.1) is 0 Å². The van der Waals surface area contributed by atoms with Crippen LogP contribution < -0.4 is 0 Å². The predicted octanol–water partition coefficient (Wildman–Crippen LogP) is 7.25. The van der Waals surface area contributed by atoms with Gasteiger partial charge in [0.1, 0.15) is 23.9 Å². The normalized spacial score (nSPS) is 36.2. The minimum absolute atomic E-state index is 0.0949. The molecule has 0 saturated carbocycles. The van der Waals surface area contributed by atoms with Crippen molar-refractivity contribution in [1.29, 1.82) is 0 Å². The van der Waals surface area contributed by atoms with Gasteiger partial charge in [0.2, 0.25) is 0 Å². The molecule has 3 aliphatic heterocycles. The Labute approximate surface area is 326 Å². The number of rotatable bonds is 9. The van der Waals surface area contributed by atoms with E-state index in [1.54, 1.807) is 11.8 Å². The summed E-state index contributed by atoms with van der Waals surface area (Å²) in [4.78, 5) is 62.8. The summed E-state index contributed by atoms with van der Waals surface area (Å²) in [7, 11) is 0. The van der Waals surface area contributed by atoms with Gasteiger partial charge in [0.15, 0.2) is 17.7 Å². The van der Waals surface area contributed by atoms with E-state index in [9.17, 15) is 24.3 Å². The molecule has 1 aromatic carbocycles. The molecule has 0 unspecified atom stereocenters. The number of hydrogen-bond donors (Lipinski definition) is 1. The van der Waals surface area contributed by atoms with E-state index in [-0.39, 0.29) is 24.2 Å². The Bertz CT molecular complexity index is 1720. The third-order valence-corrected chi connectivity index (χ3v) is 12.5. The maximum absolute atomic E-state index is 14.7. The van der Waals surface area contributed by atoms with E-state index in [1.807, 2.05) is 78.9 Å². The van der Waals surface area contributed by atoms with Crippen molar-refractivity contribution in [2.75, 3.05) is 6.54 Å². The average molecular weight is 763 g/mol. The Hall–Kier alpha value is -3.67. The molecule has 5 rings (SSSR count). The maximum Gasteiger partial charge on any atom is 0.411 e. The molecule has 3 fully saturated rings. The number of aryl methyl sites for hydroxylation is 1. The van der Waals surface area contributed by atoms with Crippen molar-refractivity contribution in [2.45, 2.75) is 143 Å². The number of carbonyl (C=O) groups is 4. The highest BCUT2D eigenvalue weighted by atomic mass is 16.7. The topological polar surface area (TPSA) is 142 Å². The first-order valence-corrected chi connectivity index (χ1v) is 20.2. The summed E-state index contributed by atoms with van der Waals surface area (Å²) < 4.78 is 25.0. The van der Waals surface area contributed by atoms with Crippen molar-refractivity contribution in [3.8, 4) is 0 Å². The lowest BCUT2D eigenvalue weighted by atomic mass is 9.69. The molecule has 12 atom stereocenters. The van der Waals surface area contributed by atoms with Crippen LogP contribution in [0.3, 0.4) is 0 Å². The minimum atomic E-state index is -1.54. The number of benzene rings is 1. The van der Waals surface area contributed by atoms with Gasteiger partial charge in [-0.05, 0) is 87.5 Å². The van der Waals surface area contributed by atoms with Crippen molar-refractivity contribution in [3.05, 3.63) is 54.7 Å². The molecule has 0 spiro atoms. The molecule has 0 aliphatic carbocycles. The molecule has 3 saturated heterocycles. The summed E-state index contributed by atoms with van der Waals surface area (Å²) >= 11 is 0. The zero-order valence-corrected chi connectivity index (χ0v) is 34.2. The van der Waals surface area contributed by atoms with Gasteiger partial charge in [0.05, 0.1) is 23.8 Å². The smallest absolute Gasteiger partial charge is 0.411 e. The maximum atomic E-state index is 14.7. The highest BCUT2D eigenvalue weighted by Gasteiger charge is 2.61. The number of aliphatic hydroxyl groups is 1. The van der Waals surface area contributed by atoms with E-state index in [0.717, 1.165) is 23.7 Å². The number of ketones is 2. The van der Waals surface area contributed by atoms with Crippen molar-refractivity contribution < 1.29 is 43.2 Å². The van der Waals surface area contributed by atoms with Crippen LogP contribution in [-0.2, 0) is 39.8 Å². The molecule has 4 heterocycles. The summed E-state index contributed by atoms with van der Waals surface area (Å²) in [5, 5.41) is 12.2. The van der Waals surface area contributed by atoms with Crippen LogP contribution in [0, 0.1) is 35.0 Å². The summed E-state index contributed by atoms with van der Waals surface area (Å²) in [6, 6.07) is 9.19. The van der Waals surface area contributed by atoms with Crippen LogP contribution in [0.4, 0.5) is 4.79 Å². The number of Topliss-reactive ketones (excluding diaryl/α,β-unsaturated/α-hetero) is 2. The summed E-state index contributed by atoms with van der Waals surface area (Å²) in [6.07, 6.45) is 2.18. The first-order valence-electron chi connectivity index (χ1n) is 20.2. The van der Waals surface area contributed by atoms with Gasteiger partial charge in [-0.1, -0.05) is 73.2 Å². The quantitative estimate of drug-likeness (QED) is 0.120. The molecule has 3 aliphatic rings. The Morgan fingerprint density at radius 1 is 1.00 bits per heavy atom. The molecule has 11 heteroatoms. The number of ether oxygens (including phenoxy) is 4. The average Bonchev–Trinajstić information content (AvgIpc) is 3.45. The van der Waals surface area contributed by atoms with Crippen LogP contribution in [0.25, 0.3) is 10.9 Å². The number of carbonyl (C=O) groups excluding carboxylic acids is 4. The molecule has 11 nitrogen and oxygen atoms in total. The van der Waals surface area contributed by atoms with Gasteiger partial charge < -0.3 is 24.1 Å². The lowest BCUT2D eigenvalue weighted by Crippen LogP contribution is -2.58. The first-order chi connectivity index (χ1) is 26.0. The fourth-order valence-corrected chi connectivity index (χ4v) is 9.58. The van der Waals surface area contributed by atoms with Crippen molar-refractivity contribution in [2.24, 2.45) is 35.0 Å².